The van der Waals surface area contributed by atoms with Crippen LogP contribution < -0.4 is 4.74 Å². The minimum Gasteiger partial charge on any atom is -0.497 e. The van der Waals surface area contributed by atoms with Gasteiger partial charge in [0, 0.05) is 24.5 Å². The van der Waals surface area contributed by atoms with Crippen LogP contribution in [0.25, 0.3) is 11.4 Å². The van der Waals surface area contributed by atoms with Gasteiger partial charge in [0.05, 0.1) is 7.11 Å². The van der Waals surface area contributed by atoms with E-state index in [0.717, 1.165) is 53.9 Å². The molecular formula is C16H23N3O2S. The second-order valence-corrected chi connectivity index (χ2v) is 6.03. The van der Waals surface area contributed by atoms with Crippen LogP contribution in [0.4, 0.5) is 0 Å². The third-order valence-corrected chi connectivity index (χ3v) is 4.39. The number of hydrogen-bond acceptors (Lipinski definition) is 5. The molecule has 0 amide bonds. The number of hydrogen-bond donors (Lipinski definition) is 1. The average Bonchev–Trinajstić information content (AvgIpc) is 2.96. The number of rotatable bonds is 9. The van der Waals surface area contributed by atoms with E-state index in [9.17, 15) is 0 Å². The quantitative estimate of drug-likeness (QED) is 0.567. The number of benzene rings is 1. The highest BCUT2D eigenvalue weighted by molar-refractivity contribution is 7.99. The van der Waals surface area contributed by atoms with Crippen LogP contribution in [0.5, 0.6) is 5.75 Å². The first-order chi connectivity index (χ1) is 10.8. The maximum Gasteiger partial charge on any atom is 0.191 e. The van der Waals surface area contributed by atoms with E-state index in [2.05, 4.69) is 21.7 Å². The summed E-state index contributed by atoms with van der Waals surface area (Å²) in [5.41, 5.74) is 1.04. The highest BCUT2D eigenvalue weighted by Gasteiger charge is 2.14. The zero-order chi connectivity index (χ0) is 15.8. The summed E-state index contributed by atoms with van der Waals surface area (Å²) in [5, 5.41) is 18.5. The lowest BCUT2D eigenvalue weighted by Gasteiger charge is -2.10. The van der Waals surface area contributed by atoms with Crippen LogP contribution in [0.3, 0.4) is 0 Å². The lowest BCUT2D eigenvalue weighted by atomic mass is 10.2. The third-order valence-electron chi connectivity index (χ3n) is 3.33. The minimum absolute atomic E-state index is 0.210. The monoisotopic (exact) mass is 321 g/mol. The van der Waals surface area contributed by atoms with E-state index < -0.39 is 0 Å². The Hall–Kier alpha value is -1.53. The van der Waals surface area contributed by atoms with E-state index in [1.54, 1.807) is 18.9 Å². The van der Waals surface area contributed by atoms with Crippen molar-refractivity contribution in [3.8, 4) is 17.1 Å². The number of aliphatic hydroxyl groups excluding tert-OH is 1. The Balaban J connectivity index is 2.24. The van der Waals surface area contributed by atoms with Crippen LogP contribution in [0.2, 0.25) is 0 Å². The van der Waals surface area contributed by atoms with Crippen LogP contribution in [-0.4, -0.2) is 39.3 Å². The van der Waals surface area contributed by atoms with Crippen molar-refractivity contribution in [3.05, 3.63) is 24.3 Å². The van der Waals surface area contributed by atoms with E-state index in [-0.39, 0.29) is 6.61 Å². The van der Waals surface area contributed by atoms with Gasteiger partial charge in [-0.15, -0.1) is 10.2 Å². The summed E-state index contributed by atoms with van der Waals surface area (Å²) in [6.07, 6.45) is 2.99. The first kappa shape index (κ1) is 16.8. The number of methoxy groups -OCH3 is 1. The summed E-state index contributed by atoms with van der Waals surface area (Å²) in [4.78, 5) is 0. The van der Waals surface area contributed by atoms with Crippen LogP contribution >= 0.6 is 11.8 Å². The zero-order valence-corrected chi connectivity index (χ0v) is 14.0. The fourth-order valence-corrected chi connectivity index (χ4v) is 2.98. The van der Waals surface area contributed by atoms with E-state index in [0.29, 0.717) is 0 Å². The second-order valence-electron chi connectivity index (χ2n) is 4.97. The van der Waals surface area contributed by atoms with Gasteiger partial charge in [0.1, 0.15) is 5.75 Å². The molecule has 2 rings (SSSR count). The highest BCUT2D eigenvalue weighted by Crippen LogP contribution is 2.26. The highest BCUT2D eigenvalue weighted by atomic mass is 32.2. The van der Waals surface area contributed by atoms with Gasteiger partial charge in [0.25, 0.3) is 0 Å². The molecule has 0 saturated heterocycles. The molecule has 2 aromatic rings. The first-order valence-corrected chi connectivity index (χ1v) is 8.60. The van der Waals surface area contributed by atoms with Crippen molar-refractivity contribution in [1.29, 1.82) is 0 Å². The molecule has 0 bridgehead atoms. The van der Waals surface area contributed by atoms with Crippen LogP contribution in [-0.2, 0) is 6.54 Å². The predicted octanol–water partition coefficient (Wildman–Crippen LogP) is 3.23. The molecule has 22 heavy (non-hydrogen) atoms. The lowest BCUT2D eigenvalue weighted by molar-refractivity contribution is 0.296. The van der Waals surface area contributed by atoms with Crippen LogP contribution in [0.15, 0.2) is 29.4 Å². The molecule has 0 aliphatic heterocycles. The summed E-state index contributed by atoms with van der Waals surface area (Å²) in [7, 11) is 1.66. The molecule has 0 atom stereocenters. The summed E-state index contributed by atoms with van der Waals surface area (Å²) in [6, 6.07) is 7.89. The first-order valence-electron chi connectivity index (χ1n) is 7.61. The summed E-state index contributed by atoms with van der Waals surface area (Å²) < 4.78 is 7.37. The Morgan fingerprint density at radius 3 is 2.59 bits per heavy atom. The van der Waals surface area contributed by atoms with Gasteiger partial charge in [-0.05, 0) is 37.1 Å². The normalized spacial score (nSPS) is 10.9. The molecule has 0 aliphatic rings. The predicted molar refractivity (Wildman–Crippen MR) is 89.3 cm³/mol. The molecule has 6 heteroatoms. The van der Waals surface area contributed by atoms with Gasteiger partial charge >= 0.3 is 0 Å². The molecule has 120 valence electrons. The summed E-state index contributed by atoms with van der Waals surface area (Å²) >= 11 is 1.65. The Morgan fingerprint density at radius 1 is 1.18 bits per heavy atom. The third kappa shape index (κ3) is 4.24. The number of unbranched alkanes of at least 4 members (excludes halogenated alkanes) is 1. The number of ether oxygens (including phenoxy) is 1. The second kappa shape index (κ2) is 8.80. The Labute approximate surface area is 135 Å². The van der Waals surface area contributed by atoms with E-state index in [1.165, 1.54) is 0 Å². The van der Waals surface area contributed by atoms with Crippen molar-refractivity contribution in [2.75, 3.05) is 19.5 Å². The van der Waals surface area contributed by atoms with Gasteiger partial charge in [-0.3, -0.25) is 0 Å². The largest absolute Gasteiger partial charge is 0.497 e. The molecule has 1 heterocycles. The van der Waals surface area contributed by atoms with Gasteiger partial charge in [-0.1, -0.05) is 25.1 Å². The molecule has 0 unspecified atom stereocenters. The number of nitrogens with zero attached hydrogens (tertiary/aromatic N) is 3. The van der Waals surface area contributed by atoms with Crippen molar-refractivity contribution in [1.82, 2.24) is 14.8 Å². The van der Waals surface area contributed by atoms with Gasteiger partial charge < -0.3 is 14.4 Å². The zero-order valence-electron chi connectivity index (χ0n) is 13.2. The van der Waals surface area contributed by atoms with Gasteiger partial charge in [0.2, 0.25) is 0 Å². The maximum atomic E-state index is 8.92. The van der Waals surface area contributed by atoms with Crippen molar-refractivity contribution >= 4 is 11.8 Å². The minimum atomic E-state index is 0.210. The molecule has 1 aromatic heterocycles. The van der Waals surface area contributed by atoms with Crippen molar-refractivity contribution in [2.45, 2.75) is 37.9 Å². The van der Waals surface area contributed by atoms with Gasteiger partial charge in [-0.25, -0.2) is 0 Å². The van der Waals surface area contributed by atoms with Crippen molar-refractivity contribution in [2.24, 2.45) is 0 Å². The summed E-state index contributed by atoms with van der Waals surface area (Å²) in [5.74, 6) is 2.58. The smallest absolute Gasteiger partial charge is 0.191 e. The van der Waals surface area contributed by atoms with Crippen LogP contribution in [0.1, 0.15) is 26.2 Å². The number of aromatic nitrogens is 3. The molecule has 1 aromatic carbocycles. The fourth-order valence-electron chi connectivity index (χ4n) is 2.09. The maximum absolute atomic E-state index is 8.92. The Kier molecular flexibility index (Phi) is 6.74. The average molecular weight is 321 g/mol. The van der Waals surface area contributed by atoms with Crippen molar-refractivity contribution < 1.29 is 9.84 Å². The van der Waals surface area contributed by atoms with Gasteiger partial charge in [0.15, 0.2) is 11.0 Å². The van der Waals surface area contributed by atoms with E-state index >= 15 is 0 Å². The topological polar surface area (TPSA) is 60.2 Å². The molecule has 0 fully saturated rings. The fraction of sp³-hybridized carbons (Fsp3) is 0.500. The number of aliphatic hydroxyl groups is 1. The van der Waals surface area contributed by atoms with E-state index in [1.807, 2.05) is 24.3 Å². The molecule has 0 saturated carbocycles. The summed E-state index contributed by atoms with van der Waals surface area (Å²) in [6.45, 7) is 3.30. The van der Waals surface area contributed by atoms with Crippen molar-refractivity contribution in [3.63, 3.8) is 0 Å². The standard InChI is InChI=1S/C16H23N3O2S/c1-3-4-10-19-15(13-6-8-14(21-2)9-7-13)17-18-16(19)22-12-5-11-20/h6-9,20H,3-5,10-12H2,1-2H3. The molecule has 0 aliphatic carbocycles. The lowest BCUT2D eigenvalue weighted by Crippen LogP contribution is -2.03. The molecule has 1 N–H and O–H groups in total. The Morgan fingerprint density at radius 2 is 1.95 bits per heavy atom. The molecule has 0 spiro atoms. The molecule has 0 radical (unpaired) electrons. The van der Waals surface area contributed by atoms with Gasteiger partial charge in [-0.2, -0.15) is 0 Å². The Bertz CT molecular complexity index is 569. The molecule has 5 nitrogen and oxygen atoms in total. The van der Waals surface area contributed by atoms with Crippen LogP contribution in [0, 0.1) is 0 Å². The SMILES string of the molecule is CCCCn1c(SCCCO)nnc1-c1ccc(OC)cc1. The molecular weight excluding hydrogens is 298 g/mol. The number of thioether (sulfide) groups is 1. The van der Waals surface area contributed by atoms with E-state index in [4.69, 9.17) is 9.84 Å².